The van der Waals surface area contributed by atoms with Gasteiger partial charge in [-0.2, -0.15) is 0 Å². The van der Waals surface area contributed by atoms with Crippen LogP contribution >= 0.6 is 15.9 Å². The second-order valence-corrected chi connectivity index (χ2v) is 7.77. The van der Waals surface area contributed by atoms with Gasteiger partial charge in [0, 0.05) is 36.2 Å². The maximum absolute atomic E-state index is 12.2. The molecule has 0 spiro atoms. The van der Waals surface area contributed by atoms with Gasteiger partial charge in [-0.25, -0.2) is 4.79 Å². The molecule has 1 aromatic carbocycles. The monoisotopic (exact) mass is 399 g/mol. The van der Waals surface area contributed by atoms with E-state index in [4.69, 9.17) is 4.74 Å². The Bertz CT molecular complexity index is 645. The molecule has 0 radical (unpaired) electrons. The Morgan fingerprint density at radius 3 is 2.58 bits per heavy atom. The van der Waals surface area contributed by atoms with Gasteiger partial charge in [0.1, 0.15) is 11.3 Å². The molecule has 1 fully saturated rings. The van der Waals surface area contributed by atoms with Crippen molar-refractivity contribution in [2.75, 3.05) is 24.5 Å². The number of carbonyl (C=O) groups is 1. The highest BCUT2D eigenvalue weighted by Gasteiger charge is 2.32. The molecule has 24 heavy (non-hydrogen) atoms. The molecule has 8 heteroatoms. The standard InChI is InChI=1S/C16H22BrN3O4/c1-11-10-18(15(21)24-16(2,3)4)7-8-19(11)13-6-5-12(17)9-14(13)20(22)23/h5-6,9,11H,7-8,10H2,1-4H3/t11-/m0/s1. The zero-order valence-electron chi connectivity index (χ0n) is 14.3. The second kappa shape index (κ2) is 6.96. The predicted octanol–water partition coefficient (Wildman–Crippen LogP) is 3.80. The van der Waals surface area contributed by atoms with Gasteiger partial charge in [-0.1, -0.05) is 15.9 Å². The third-order valence-electron chi connectivity index (χ3n) is 3.72. The molecule has 1 saturated heterocycles. The molecule has 0 aromatic heterocycles. The maximum atomic E-state index is 12.2. The fourth-order valence-electron chi connectivity index (χ4n) is 2.69. The fraction of sp³-hybridized carbons (Fsp3) is 0.562. The maximum Gasteiger partial charge on any atom is 0.410 e. The summed E-state index contributed by atoms with van der Waals surface area (Å²) in [6, 6.07) is 4.98. The molecule has 0 N–H and O–H groups in total. The number of hydrogen-bond donors (Lipinski definition) is 0. The lowest BCUT2D eigenvalue weighted by molar-refractivity contribution is -0.384. The first-order valence-electron chi connectivity index (χ1n) is 7.77. The smallest absolute Gasteiger partial charge is 0.410 e. The summed E-state index contributed by atoms with van der Waals surface area (Å²) in [5.41, 5.74) is 0.0866. The molecule has 0 saturated carbocycles. The molecular formula is C16H22BrN3O4. The van der Waals surface area contributed by atoms with E-state index in [0.717, 1.165) is 0 Å². The molecule has 1 aliphatic rings. The highest BCUT2D eigenvalue weighted by Crippen LogP contribution is 2.33. The van der Waals surface area contributed by atoms with Gasteiger partial charge in [0.25, 0.3) is 5.69 Å². The van der Waals surface area contributed by atoms with Crippen LogP contribution in [0.15, 0.2) is 22.7 Å². The van der Waals surface area contributed by atoms with Crippen molar-refractivity contribution in [3.63, 3.8) is 0 Å². The number of nitrogens with zero attached hydrogens (tertiary/aromatic N) is 3. The summed E-state index contributed by atoms with van der Waals surface area (Å²) in [4.78, 5) is 26.8. The first-order valence-corrected chi connectivity index (χ1v) is 8.56. The van der Waals surface area contributed by atoms with Crippen molar-refractivity contribution in [3.8, 4) is 0 Å². The zero-order chi connectivity index (χ0) is 18.1. The molecule has 1 aromatic rings. The average Bonchev–Trinajstić information content (AvgIpc) is 2.45. The second-order valence-electron chi connectivity index (χ2n) is 6.86. The molecule has 7 nitrogen and oxygen atoms in total. The average molecular weight is 400 g/mol. The van der Waals surface area contributed by atoms with Crippen LogP contribution in [-0.4, -0.2) is 47.2 Å². The topological polar surface area (TPSA) is 75.9 Å². The van der Waals surface area contributed by atoms with Crippen molar-refractivity contribution in [1.82, 2.24) is 4.90 Å². The van der Waals surface area contributed by atoms with E-state index in [1.807, 2.05) is 32.6 Å². The van der Waals surface area contributed by atoms with Crippen LogP contribution in [-0.2, 0) is 4.74 Å². The molecule has 2 rings (SSSR count). The van der Waals surface area contributed by atoms with Crippen LogP contribution in [0.4, 0.5) is 16.2 Å². The lowest BCUT2D eigenvalue weighted by atomic mass is 10.1. The Balaban J connectivity index is 2.15. The molecule has 1 atom stereocenters. The van der Waals surface area contributed by atoms with Gasteiger partial charge in [0.15, 0.2) is 0 Å². The number of amides is 1. The summed E-state index contributed by atoms with van der Waals surface area (Å²) in [6.45, 7) is 8.88. The molecule has 0 unspecified atom stereocenters. The van der Waals surface area contributed by atoms with Crippen LogP contribution in [0, 0.1) is 10.1 Å². The molecular weight excluding hydrogens is 378 g/mol. The first kappa shape index (κ1) is 18.5. The van der Waals surface area contributed by atoms with Crippen molar-refractivity contribution in [1.29, 1.82) is 0 Å². The number of nitro groups is 1. The van der Waals surface area contributed by atoms with Crippen molar-refractivity contribution >= 4 is 33.4 Å². The van der Waals surface area contributed by atoms with Gasteiger partial charge in [-0.05, 0) is 39.8 Å². The Hall–Kier alpha value is -1.83. The van der Waals surface area contributed by atoms with Gasteiger partial charge < -0.3 is 14.5 Å². The summed E-state index contributed by atoms with van der Waals surface area (Å²) < 4.78 is 6.06. The molecule has 132 valence electrons. The number of anilines is 1. The van der Waals surface area contributed by atoms with Gasteiger partial charge >= 0.3 is 6.09 Å². The summed E-state index contributed by atoms with van der Waals surface area (Å²) in [7, 11) is 0. The number of hydrogen-bond acceptors (Lipinski definition) is 5. The normalized spacial score (nSPS) is 18.5. The lowest BCUT2D eigenvalue weighted by Crippen LogP contribution is -2.54. The van der Waals surface area contributed by atoms with E-state index in [-0.39, 0.29) is 22.7 Å². The molecule has 1 heterocycles. The number of halogens is 1. The van der Waals surface area contributed by atoms with E-state index in [9.17, 15) is 14.9 Å². The Labute approximate surface area is 149 Å². The van der Waals surface area contributed by atoms with Crippen molar-refractivity contribution in [2.24, 2.45) is 0 Å². The Morgan fingerprint density at radius 2 is 2.04 bits per heavy atom. The zero-order valence-corrected chi connectivity index (χ0v) is 15.9. The van der Waals surface area contributed by atoms with Crippen LogP contribution in [0.2, 0.25) is 0 Å². The van der Waals surface area contributed by atoms with Gasteiger partial charge in [0.05, 0.1) is 4.92 Å². The van der Waals surface area contributed by atoms with Crippen LogP contribution in [0.25, 0.3) is 0 Å². The van der Waals surface area contributed by atoms with Crippen molar-refractivity contribution < 1.29 is 14.5 Å². The van der Waals surface area contributed by atoms with Gasteiger partial charge in [0.2, 0.25) is 0 Å². The highest BCUT2D eigenvalue weighted by molar-refractivity contribution is 9.10. The number of nitro benzene ring substituents is 1. The summed E-state index contributed by atoms with van der Waals surface area (Å²) >= 11 is 3.27. The minimum absolute atomic E-state index is 0.0499. The van der Waals surface area contributed by atoms with E-state index in [1.165, 1.54) is 6.07 Å². The Morgan fingerprint density at radius 1 is 1.38 bits per heavy atom. The largest absolute Gasteiger partial charge is 0.444 e. The summed E-state index contributed by atoms with van der Waals surface area (Å²) in [5.74, 6) is 0. The molecule has 0 aliphatic carbocycles. The minimum atomic E-state index is -0.540. The SMILES string of the molecule is C[C@H]1CN(C(=O)OC(C)(C)C)CCN1c1ccc(Br)cc1[N+](=O)[O-]. The molecule has 1 aliphatic heterocycles. The fourth-order valence-corrected chi connectivity index (χ4v) is 3.04. The van der Waals surface area contributed by atoms with Crippen LogP contribution in [0.3, 0.4) is 0 Å². The van der Waals surface area contributed by atoms with Crippen LogP contribution < -0.4 is 4.90 Å². The number of rotatable bonds is 2. The summed E-state index contributed by atoms with van der Waals surface area (Å²) in [5, 5.41) is 11.3. The number of ether oxygens (including phenoxy) is 1. The van der Waals surface area contributed by atoms with E-state index in [2.05, 4.69) is 15.9 Å². The van der Waals surface area contributed by atoms with Crippen LogP contribution in [0.1, 0.15) is 27.7 Å². The predicted molar refractivity (Wildman–Crippen MR) is 95.4 cm³/mol. The quantitative estimate of drug-likeness (QED) is 0.558. The molecule has 0 bridgehead atoms. The molecule has 1 amide bonds. The van der Waals surface area contributed by atoms with Gasteiger partial charge in [-0.3, -0.25) is 10.1 Å². The number of carbonyl (C=O) groups excluding carboxylic acids is 1. The van der Waals surface area contributed by atoms with Crippen molar-refractivity contribution in [2.45, 2.75) is 39.3 Å². The first-order chi connectivity index (χ1) is 11.1. The minimum Gasteiger partial charge on any atom is -0.444 e. The van der Waals surface area contributed by atoms with E-state index in [1.54, 1.807) is 17.0 Å². The number of piperazine rings is 1. The van der Waals surface area contributed by atoms with Gasteiger partial charge in [-0.15, -0.1) is 0 Å². The lowest BCUT2D eigenvalue weighted by Gasteiger charge is -2.41. The Kier molecular flexibility index (Phi) is 5.37. The number of benzene rings is 1. The van der Waals surface area contributed by atoms with Crippen LogP contribution in [0.5, 0.6) is 0 Å². The van der Waals surface area contributed by atoms with E-state index >= 15 is 0 Å². The van der Waals surface area contributed by atoms with Crippen molar-refractivity contribution in [3.05, 3.63) is 32.8 Å². The summed E-state index contributed by atoms with van der Waals surface area (Å²) in [6.07, 6.45) is -0.348. The third kappa shape index (κ3) is 4.37. The third-order valence-corrected chi connectivity index (χ3v) is 4.22. The van der Waals surface area contributed by atoms with E-state index < -0.39 is 5.60 Å². The highest BCUT2D eigenvalue weighted by atomic mass is 79.9. The van der Waals surface area contributed by atoms with E-state index in [0.29, 0.717) is 29.8 Å².